The van der Waals surface area contributed by atoms with Crippen LogP contribution in [-0.4, -0.2) is 30.6 Å². The number of carbonyl (C=O) groups excluding carboxylic acids is 1. The SMILES string of the molecule is COC(=O)c1ccc2c(c1)CN(C1CCCC1)CC2. The lowest BCUT2D eigenvalue weighted by molar-refractivity contribution is 0.0600. The van der Waals surface area contributed by atoms with Crippen LogP contribution in [0.15, 0.2) is 18.2 Å². The highest BCUT2D eigenvalue weighted by Crippen LogP contribution is 2.29. The van der Waals surface area contributed by atoms with E-state index in [9.17, 15) is 4.79 Å². The summed E-state index contributed by atoms with van der Waals surface area (Å²) in [5.41, 5.74) is 3.37. The van der Waals surface area contributed by atoms with Gasteiger partial charge in [0, 0.05) is 19.1 Å². The van der Waals surface area contributed by atoms with E-state index in [1.165, 1.54) is 43.9 Å². The van der Waals surface area contributed by atoms with E-state index >= 15 is 0 Å². The number of benzene rings is 1. The molecule has 3 rings (SSSR count). The standard InChI is InChI=1S/C16H21NO2/c1-19-16(18)13-7-6-12-8-9-17(11-14(12)10-13)15-4-2-3-5-15/h6-7,10,15H,2-5,8-9,11H2,1H3. The van der Waals surface area contributed by atoms with Gasteiger partial charge in [-0.25, -0.2) is 4.79 Å². The minimum absolute atomic E-state index is 0.235. The number of esters is 1. The molecule has 2 aliphatic rings. The second kappa shape index (κ2) is 5.33. The molecule has 1 heterocycles. The molecule has 0 aromatic heterocycles. The van der Waals surface area contributed by atoms with Gasteiger partial charge < -0.3 is 4.74 Å². The van der Waals surface area contributed by atoms with E-state index in [1.54, 1.807) is 0 Å². The molecule has 0 spiro atoms. The first kappa shape index (κ1) is 12.7. The van der Waals surface area contributed by atoms with Gasteiger partial charge in [0.05, 0.1) is 12.7 Å². The summed E-state index contributed by atoms with van der Waals surface area (Å²) in [6.45, 7) is 2.15. The number of methoxy groups -OCH3 is 1. The summed E-state index contributed by atoms with van der Waals surface area (Å²) in [6, 6.07) is 6.75. The topological polar surface area (TPSA) is 29.5 Å². The summed E-state index contributed by atoms with van der Waals surface area (Å²) < 4.78 is 4.80. The third-order valence-electron chi connectivity index (χ3n) is 4.51. The maximum absolute atomic E-state index is 11.6. The zero-order valence-electron chi connectivity index (χ0n) is 11.5. The van der Waals surface area contributed by atoms with E-state index in [-0.39, 0.29) is 5.97 Å². The molecule has 1 aromatic rings. The summed E-state index contributed by atoms with van der Waals surface area (Å²) in [6.07, 6.45) is 6.53. The predicted molar refractivity (Wildman–Crippen MR) is 74.2 cm³/mol. The van der Waals surface area contributed by atoms with Crippen molar-refractivity contribution in [2.75, 3.05) is 13.7 Å². The van der Waals surface area contributed by atoms with Crippen LogP contribution in [0.3, 0.4) is 0 Å². The number of fused-ring (bicyclic) bond motifs is 1. The Morgan fingerprint density at radius 2 is 2.05 bits per heavy atom. The van der Waals surface area contributed by atoms with Gasteiger partial charge >= 0.3 is 5.97 Å². The Bertz CT molecular complexity index is 478. The Morgan fingerprint density at radius 1 is 1.26 bits per heavy atom. The van der Waals surface area contributed by atoms with Crippen LogP contribution in [-0.2, 0) is 17.7 Å². The molecular weight excluding hydrogens is 238 g/mol. The van der Waals surface area contributed by atoms with Crippen molar-refractivity contribution in [3.05, 3.63) is 34.9 Å². The Hall–Kier alpha value is -1.35. The van der Waals surface area contributed by atoms with Gasteiger partial charge in [-0.05, 0) is 42.5 Å². The predicted octanol–water partition coefficient (Wildman–Crippen LogP) is 2.77. The van der Waals surface area contributed by atoms with Gasteiger partial charge in [0.2, 0.25) is 0 Å². The van der Waals surface area contributed by atoms with Gasteiger partial charge in [0.1, 0.15) is 0 Å². The summed E-state index contributed by atoms with van der Waals surface area (Å²) in [4.78, 5) is 14.2. The normalized spacial score (nSPS) is 20.3. The number of rotatable bonds is 2. The zero-order valence-corrected chi connectivity index (χ0v) is 11.5. The van der Waals surface area contributed by atoms with Crippen LogP contribution in [0.25, 0.3) is 0 Å². The summed E-state index contributed by atoms with van der Waals surface area (Å²) >= 11 is 0. The van der Waals surface area contributed by atoms with Gasteiger partial charge in [-0.1, -0.05) is 18.9 Å². The molecule has 1 aromatic carbocycles. The molecule has 1 fully saturated rings. The Kier molecular flexibility index (Phi) is 3.56. The Morgan fingerprint density at radius 3 is 2.79 bits per heavy atom. The molecule has 1 aliphatic carbocycles. The zero-order chi connectivity index (χ0) is 13.2. The lowest BCUT2D eigenvalue weighted by Crippen LogP contribution is -2.37. The van der Waals surface area contributed by atoms with Crippen LogP contribution in [0, 0.1) is 0 Å². The van der Waals surface area contributed by atoms with Gasteiger partial charge in [0.15, 0.2) is 0 Å². The molecule has 0 amide bonds. The Labute approximate surface area is 114 Å². The summed E-state index contributed by atoms with van der Waals surface area (Å²) in [5.74, 6) is -0.235. The van der Waals surface area contributed by atoms with E-state index in [0.717, 1.165) is 25.6 Å². The minimum atomic E-state index is -0.235. The van der Waals surface area contributed by atoms with Gasteiger partial charge in [-0.15, -0.1) is 0 Å². The summed E-state index contributed by atoms with van der Waals surface area (Å²) in [7, 11) is 1.44. The van der Waals surface area contributed by atoms with Crippen molar-refractivity contribution < 1.29 is 9.53 Å². The average molecular weight is 259 g/mol. The fourth-order valence-electron chi connectivity index (χ4n) is 3.40. The van der Waals surface area contributed by atoms with E-state index in [2.05, 4.69) is 11.0 Å². The minimum Gasteiger partial charge on any atom is -0.465 e. The van der Waals surface area contributed by atoms with Crippen molar-refractivity contribution in [1.82, 2.24) is 4.90 Å². The van der Waals surface area contributed by atoms with Gasteiger partial charge in [-0.3, -0.25) is 4.90 Å². The van der Waals surface area contributed by atoms with Crippen LogP contribution >= 0.6 is 0 Å². The van der Waals surface area contributed by atoms with Crippen molar-refractivity contribution in [3.8, 4) is 0 Å². The molecule has 102 valence electrons. The lowest BCUT2D eigenvalue weighted by Gasteiger charge is -2.33. The molecule has 1 saturated carbocycles. The maximum atomic E-state index is 11.6. The highest BCUT2D eigenvalue weighted by Gasteiger charge is 2.26. The third-order valence-corrected chi connectivity index (χ3v) is 4.51. The van der Waals surface area contributed by atoms with E-state index in [4.69, 9.17) is 4.74 Å². The fourth-order valence-corrected chi connectivity index (χ4v) is 3.40. The first-order chi connectivity index (χ1) is 9.28. The van der Waals surface area contributed by atoms with Gasteiger partial charge in [-0.2, -0.15) is 0 Å². The van der Waals surface area contributed by atoms with Crippen LogP contribution < -0.4 is 0 Å². The molecule has 0 unspecified atom stereocenters. The number of hydrogen-bond donors (Lipinski definition) is 0. The molecule has 19 heavy (non-hydrogen) atoms. The molecule has 1 aliphatic heterocycles. The second-order valence-corrected chi connectivity index (χ2v) is 5.63. The maximum Gasteiger partial charge on any atom is 0.337 e. The van der Waals surface area contributed by atoms with Crippen molar-refractivity contribution in [1.29, 1.82) is 0 Å². The van der Waals surface area contributed by atoms with Crippen molar-refractivity contribution in [2.45, 2.75) is 44.7 Å². The number of nitrogens with zero attached hydrogens (tertiary/aromatic N) is 1. The Balaban J connectivity index is 1.80. The van der Waals surface area contributed by atoms with Crippen LogP contribution in [0.4, 0.5) is 0 Å². The van der Waals surface area contributed by atoms with Crippen molar-refractivity contribution in [3.63, 3.8) is 0 Å². The fraction of sp³-hybridized carbons (Fsp3) is 0.562. The number of hydrogen-bond acceptors (Lipinski definition) is 3. The van der Waals surface area contributed by atoms with E-state index < -0.39 is 0 Å². The average Bonchev–Trinajstić information content (AvgIpc) is 2.99. The number of ether oxygens (including phenoxy) is 1. The molecule has 0 radical (unpaired) electrons. The first-order valence-corrected chi connectivity index (χ1v) is 7.22. The molecule has 0 N–H and O–H groups in total. The molecule has 0 atom stereocenters. The van der Waals surface area contributed by atoms with Crippen molar-refractivity contribution in [2.24, 2.45) is 0 Å². The molecule has 3 heteroatoms. The lowest BCUT2D eigenvalue weighted by atomic mass is 9.96. The van der Waals surface area contributed by atoms with Crippen LogP contribution in [0.2, 0.25) is 0 Å². The largest absolute Gasteiger partial charge is 0.465 e. The van der Waals surface area contributed by atoms with E-state index in [0.29, 0.717) is 5.56 Å². The first-order valence-electron chi connectivity index (χ1n) is 7.22. The van der Waals surface area contributed by atoms with E-state index in [1.807, 2.05) is 12.1 Å². The number of carbonyl (C=O) groups is 1. The smallest absolute Gasteiger partial charge is 0.337 e. The quantitative estimate of drug-likeness (QED) is 0.765. The van der Waals surface area contributed by atoms with Crippen LogP contribution in [0.1, 0.15) is 47.2 Å². The second-order valence-electron chi connectivity index (χ2n) is 5.63. The monoisotopic (exact) mass is 259 g/mol. The van der Waals surface area contributed by atoms with Crippen molar-refractivity contribution >= 4 is 5.97 Å². The van der Waals surface area contributed by atoms with Gasteiger partial charge in [0.25, 0.3) is 0 Å². The summed E-state index contributed by atoms with van der Waals surface area (Å²) in [5, 5.41) is 0. The molecule has 0 bridgehead atoms. The molecule has 0 saturated heterocycles. The third kappa shape index (κ3) is 2.52. The molecule has 3 nitrogen and oxygen atoms in total. The highest BCUT2D eigenvalue weighted by molar-refractivity contribution is 5.89. The molecular formula is C16H21NO2. The van der Waals surface area contributed by atoms with Crippen LogP contribution in [0.5, 0.6) is 0 Å². The highest BCUT2D eigenvalue weighted by atomic mass is 16.5.